The van der Waals surface area contributed by atoms with Gasteiger partial charge in [0, 0.05) is 0 Å². The number of aryl methyl sites for hydroxylation is 1. The summed E-state index contributed by atoms with van der Waals surface area (Å²) in [6.45, 7) is 2.25. The van der Waals surface area contributed by atoms with Gasteiger partial charge in [0.05, 0.1) is 4.47 Å². The predicted molar refractivity (Wildman–Crippen MR) is 81.7 cm³/mol. The molecule has 0 radical (unpaired) electrons. The molecule has 2 N–H and O–H groups in total. The number of hydrogen-bond acceptors (Lipinski definition) is 2. The van der Waals surface area contributed by atoms with Crippen molar-refractivity contribution in [2.45, 2.75) is 44.9 Å². The molecule has 0 atom stereocenters. The molecule has 1 aromatic carbocycles. The van der Waals surface area contributed by atoms with Gasteiger partial charge in [-0.15, -0.1) is 0 Å². The average Bonchev–Trinajstić information content (AvgIpc) is 2.45. The molecule has 1 heterocycles. The van der Waals surface area contributed by atoms with Gasteiger partial charge in [0.15, 0.2) is 0 Å². The lowest BCUT2D eigenvalue weighted by Crippen LogP contribution is -2.29. The summed E-state index contributed by atoms with van der Waals surface area (Å²) < 4.78 is 0.886. The van der Waals surface area contributed by atoms with Crippen LogP contribution >= 0.6 is 15.9 Å². The van der Waals surface area contributed by atoms with Crippen molar-refractivity contribution in [3.05, 3.63) is 27.2 Å². The molecular weight excluding hydrogens is 302 g/mol. The molecule has 1 aliphatic carbocycles. The zero-order chi connectivity index (χ0) is 13.2. The molecule has 104 valence electrons. The molecule has 2 aliphatic rings. The lowest BCUT2D eigenvalue weighted by molar-refractivity contribution is 0.364. The number of rotatable bonds is 2. The number of nitrogens with one attached hydrogen (secondary N) is 1. The van der Waals surface area contributed by atoms with Gasteiger partial charge in [-0.1, -0.05) is 0 Å². The fourth-order valence-corrected chi connectivity index (χ4v) is 4.05. The molecule has 19 heavy (non-hydrogen) atoms. The average molecular weight is 324 g/mol. The zero-order valence-corrected chi connectivity index (χ0v) is 12.9. The summed E-state index contributed by atoms with van der Waals surface area (Å²) in [7, 11) is 0. The largest absolute Gasteiger partial charge is 0.506 e. The number of halogens is 1. The monoisotopic (exact) mass is 323 g/mol. The molecule has 0 bridgehead atoms. The van der Waals surface area contributed by atoms with Crippen molar-refractivity contribution in [1.29, 1.82) is 0 Å². The first-order chi connectivity index (χ1) is 9.25. The van der Waals surface area contributed by atoms with Crippen LogP contribution in [0.1, 0.15) is 42.4 Å². The maximum absolute atomic E-state index is 10.4. The summed E-state index contributed by atoms with van der Waals surface area (Å²) in [5.74, 6) is 1.23. The smallest absolute Gasteiger partial charge is 0.133 e. The number of phenolic OH excluding ortho intramolecular Hbond substituents is 1. The highest BCUT2D eigenvalue weighted by Crippen LogP contribution is 2.38. The Bertz CT molecular complexity index is 466. The number of hydrogen-bond donors (Lipinski definition) is 2. The Balaban J connectivity index is 1.91. The quantitative estimate of drug-likeness (QED) is 0.872. The second kappa shape index (κ2) is 5.84. The van der Waals surface area contributed by atoms with Crippen LogP contribution in [0.4, 0.5) is 0 Å². The molecule has 0 saturated carbocycles. The fraction of sp³-hybridized carbons (Fsp3) is 0.625. The van der Waals surface area contributed by atoms with E-state index in [4.69, 9.17) is 0 Å². The van der Waals surface area contributed by atoms with E-state index in [-0.39, 0.29) is 0 Å². The molecule has 1 saturated heterocycles. The number of benzene rings is 1. The van der Waals surface area contributed by atoms with Crippen LogP contribution < -0.4 is 5.32 Å². The highest BCUT2D eigenvalue weighted by molar-refractivity contribution is 9.10. The van der Waals surface area contributed by atoms with E-state index in [1.54, 1.807) is 0 Å². The minimum absolute atomic E-state index is 0.499. The van der Waals surface area contributed by atoms with Crippen molar-refractivity contribution in [1.82, 2.24) is 5.32 Å². The number of fused-ring (bicyclic) bond motifs is 1. The Hall–Kier alpha value is -0.540. The van der Waals surface area contributed by atoms with Gasteiger partial charge < -0.3 is 10.4 Å². The Labute approximate surface area is 123 Å². The highest BCUT2D eigenvalue weighted by Gasteiger charge is 2.22. The third kappa shape index (κ3) is 2.82. The van der Waals surface area contributed by atoms with E-state index < -0.39 is 0 Å². The minimum atomic E-state index is 0.499. The van der Waals surface area contributed by atoms with Crippen LogP contribution in [0.5, 0.6) is 5.75 Å². The summed E-state index contributed by atoms with van der Waals surface area (Å²) >= 11 is 3.53. The Morgan fingerprint density at radius 2 is 1.95 bits per heavy atom. The standard InChI is InChI=1S/C16H22BrNO/c17-15-10-12-3-1-2-4-13(12)14(16(15)19)9-11-5-7-18-8-6-11/h10-11,18-19H,1-9H2. The molecule has 0 unspecified atom stereocenters. The van der Waals surface area contributed by atoms with Crippen LogP contribution in [-0.2, 0) is 19.3 Å². The summed E-state index contributed by atoms with van der Waals surface area (Å²) in [5.41, 5.74) is 4.14. The SMILES string of the molecule is Oc1c(Br)cc2c(c1CC1CCNCC1)CCCC2. The van der Waals surface area contributed by atoms with Gasteiger partial charge >= 0.3 is 0 Å². The zero-order valence-electron chi connectivity index (χ0n) is 11.3. The molecule has 0 amide bonds. The van der Waals surface area contributed by atoms with Crippen LogP contribution in [0.3, 0.4) is 0 Å². The van der Waals surface area contributed by atoms with Gasteiger partial charge in [-0.2, -0.15) is 0 Å². The normalized spacial score (nSPS) is 20.3. The summed E-state index contributed by atoms with van der Waals surface area (Å²) in [6.07, 6.45) is 8.41. The molecule has 2 nitrogen and oxygen atoms in total. The number of phenols is 1. The maximum atomic E-state index is 10.4. The second-order valence-corrected chi connectivity index (χ2v) is 6.78. The first-order valence-corrected chi connectivity index (χ1v) is 8.28. The van der Waals surface area contributed by atoms with E-state index in [1.807, 2.05) is 0 Å². The molecule has 1 fully saturated rings. The minimum Gasteiger partial charge on any atom is -0.506 e. The van der Waals surface area contributed by atoms with Crippen molar-refractivity contribution in [3.8, 4) is 5.75 Å². The third-order valence-electron chi connectivity index (χ3n) is 4.64. The Morgan fingerprint density at radius 1 is 1.21 bits per heavy atom. The van der Waals surface area contributed by atoms with Crippen LogP contribution in [0.2, 0.25) is 0 Å². The van der Waals surface area contributed by atoms with Gasteiger partial charge in [0.2, 0.25) is 0 Å². The highest BCUT2D eigenvalue weighted by atomic mass is 79.9. The summed E-state index contributed by atoms with van der Waals surface area (Å²) in [4.78, 5) is 0. The first-order valence-electron chi connectivity index (χ1n) is 7.48. The third-order valence-corrected chi connectivity index (χ3v) is 5.24. The topological polar surface area (TPSA) is 32.3 Å². The van der Waals surface area contributed by atoms with Crippen molar-refractivity contribution < 1.29 is 5.11 Å². The first kappa shape index (κ1) is 13.4. The van der Waals surface area contributed by atoms with Crippen molar-refractivity contribution in [2.75, 3.05) is 13.1 Å². The van der Waals surface area contributed by atoms with Crippen molar-refractivity contribution in [2.24, 2.45) is 5.92 Å². The molecule has 3 rings (SSSR count). The maximum Gasteiger partial charge on any atom is 0.133 e. The van der Waals surface area contributed by atoms with E-state index in [9.17, 15) is 5.11 Å². The van der Waals surface area contributed by atoms with E-state index in [1.165, 1.54) is 48.8 Å². The number of piperidine rings is 1. The van der Waals surface area contributed by atoms with Gasteiger partial charge in [0.1, 0.15) is 5.75 Å². The van der Waals surface area contributed by atoms with Crippen molar-refractivity contribution >= 4 is 15.9 Å². The molecule has 3 heteroatoms. The molecular formula is C16H22BrNO. The number of aromatic hydroxyl groups is 1. The van der Waals surface area contributed by atoms with E-state index in [0.717, 1.165) is 36.3 Å². The Kier molecular flexibility index (Phi) is 4.13. The van der Waals surface area contributed by atoms with Gasteiger partial charge in [-0.3, -0.25) is 0 Å². The molecule has 0 aromatic heterocycles. The predicted octanol–water partition coefficient (Wildman–Crippen LogP) is 3.58. The van der Waals surface area contributed by atoms with Gasteiger partial charge in [-0.25, -0.2) is 0 Å². The molecule has 1 aromatic rings. The van der Waals surface area contributed by atoms with Crippen molar-refractivity contribution in [3.63, 3.8) is 0 Å². The molecule has 0 spiro atoms. The van der Waals surface area contributed by atoms with Gasteiger partial charge in [0.25, 0.3) is 0 Å². The fourth-order valence-electron chi connectivity index (χ4n) is 3.54. The van der Waals surface area contributed by atoms with E-state index in [0.29, 0.717) is 5.75 Å². The van der Waals surface area contributed by atoms with E-state index >= 15 is 0 Å². The second-order valence-electron chi connectivity index (χ2n) is 5.93. The Morgan fingerprint density at radius 3 is 2.74 bits per heavy atom. The van der Waals surface area contributed by atoms with Crippen LogP contribution in [-0.4, -0.2) is 18.2 Å². The lowest BCUT2D eigenvalue weighted by atomic mass is 9.82. The van der Waals surface area contributed by atoms with Gasteiger partial charge in [-0.05, 0) is 103 Å². The van der Waals surface area contributed by atoms with E-state index in [2.05, 4.69) is 27.3 Å². The van der Waals surface area contributed by atoms with Crippen LogP contribution in [0.25, 0.3) is 0 Å². The van der Waals surface area contributed by atoms with Crippen LogP contribution in [0, 0.1) is 5.92 Å². The lowest BCUT2D eigenvalue weighted by Gasteiger charge is -2.27. The van der Waals surface area contributed by atoms with Crippen LogP contribution in [0.15, 0.2) is 10.5 Å². The summed E-state index contributed by atoms with van der Waals surface area (Å²) in [6, 6.07) is 2.13. The molecule has 1 aliphatic heterocycles. The summed E-state index contributed by atoms with van der Waals surface area (Å²) in [5, 5.41) is 13.8.